The summed E-state index contributed by atoms with van der Waals surface area (Å²) >= 11 is 0. The standard InChI is InChI=1S/C15H28N4O/c1-12-13(2)18(4)15(16-12)11-19-7-5-14(6-8-19)17(3)9-10-20/h14,20H,5-11H2,1-4H3. The number of hydrogen-bond acceptors (Lipinski definition) is 4. The first-order chi connectivity index (χ1) is 9.52. The molecule has 1 aliphatic heterocycles. The van der Waals surface area contributed by atoms with Crippen LogP contribution in [0.4, 0.5) is 0 Å². The van der Waals surface area contributed by atoms with Crippen molar-refractivity contribution in [2.45, 2.75) is 39.3 Å². The molecule has 1 aromatic heterocycles. The number of piperidine rings is 1. The minimum atomic E-state index is 0.253. The van der Waals surface area contributed by atoms with Gasteiger partial charge in [-0.1, -0.05) is 0 Å². The first kappa shape index (κ1) is 15.5. The zero-order valence-electron chi connectivity index (χ0n) is 13.3. The normalized spacial score (nSPS) is 18.1. The smallest absolute Gasteiger partial charge is 0.123 e. The van der Waals surface area contributed by atoms with Crippen LogP contribution in [0.3, 0.4) is 0 Å². The van der Waals surface area contributed by atoms with Gasteiger partial charge in [0.15, 0.2) is 0 Å². The Morgan fingerprint density at radius 2 is 1.95 bits per heavy atom. The summed E-state index contributed by atoms with van der Waals surface area (Å²) in [6.07, 6.45) is 2.36. The Bertz CT molecular complexity index is 435. The van der Waals surface area contributed by atoms with E-state index in [1.807, 2.05) is 0 Å². The van der Waals surface area contributed by atoms with Gasteiger partial charge >= 0.3 is 0 Å². The van der Waals surface area contributed by atoms with Crippen LogP contribution < -0.4 is 0 Å². The number of aryl methyl sites for hydroxylation is 1. The Balaban J connectivity index is 1.87. The van der Waals surface area contributed by atoms with E-state index in [-0.39, 0.29) is 6.61 Å². The summed E-state index contributed by atoms with van der Waals surface area (Å²) in [4.78, 5) is 9.44. The average molecular weight is 280 g/mol. The van der Waals surface area contributed by atoms with Gasteiger partial charge in [-0.05, 0) is 33.7 Å². The SMILES string of the molecule is Cc1nc(CN2CCC(N(C)CCO)CC2)n(C)c1C. The van der Waals surface area contributed by atoms with Crippen LogP contribution in [0.2, 0.25) is 0 Å². The molecule has 1 N–H and O–H groups in total. The van der Waals surface area contributed by atoms with E-state index in [2.05, 4.69) is 47.3 Å². The molecule has 0 spiro atoms. The maximum atomic E-state index is 9.01. The number of aromatic nitrogens is 2. The molecule has 5 nitrogen and oxygen atoms in total. The molecule has 0 saturated carbocycles. The zero-order valence-corrected chi connectivity index (χ0v) is 13.3. The third kappa shape index (κ3) is 3.40. The highest BCUT2D eigenvalue weighted by Gasteiger charge is 2.23. The van der Waals surface area contributed by atoms with E-state index < -0.39 is 0 Å². The molecule has 20 heavy (non-hydrogen) atoms. The Labute approximate surface area is 122 Å². The Hall–Kier alpha value is -0.910. The lowest BCUT2D eigenvalue weighted by Crippen LogP contribution is -2.44. The van der Waals surface area contributed by atoms with E-state index in [1.54, 1.807) is 0 Å². The summed E-state index contributed by atoms with van der Waals surface area (Å²) in [7, 11) is 4.22. The van der Waals surface area contributed by atoms with Gasteiger partial charge in [-0.15, -0.1) is 0 Å². The predicted octanol–water partition coefficient (Wildman–Crippen LogP) is 0.925. The second-order valence-electron chi connectivity index (χ2n) is 5.97. The highest BCUT2D eigenvalue weighted by Crippen LogP contribution is 2.18. The number of likely N-dealkylation sites (N-methyl/N-ethyl adjacent to an activating group) is 1. The van der Waals surface area contributed by atoms with Crippen molar-refractivity contribution in [3.63, 3.8) is 0 Å². The van der Waals surface area contributed by atoms with Gasteiger partial charge in [0.1, 0.15) is 5.82 Å². The molecule has 0 atom stereocenters. The van der Waals surface area contributed by atoms with Gasteiger partial charge in [-0.3, -0.25) is 4.90 Å². The van der Waals surface area contributed by atoms with Crippen LogP contribution in [0.15, 0.2) is 0 Å². The van der Waals surface area contributed by atoms with Crippen molar-refractivity contribution in [1.82, 2.24) is 19.4 Å². The lowest BCUT2D eigenvalue weighted by atomic mass is 10.0. The quantitative estimate of drug-likeness (QED) is 0.871. The first-order valence-corrected chi connectivity index (χ1v) is 7.55. The predicted molar refractivity (Wildman–Crippen MR) is 80.7 cm³/mol. The largest absolute Gasteiger partial charge is 0.395 e. The molecule has 0 unspecified atom stereocenters. The highest BCUT2D eigenvalue weighted by molar-refractivity contribution is 5.13. The third-order valence-electron chi connectivity index (χ3n) is 4.71. The number of nitrogens with zero attached hydrogens (tertiary/aromatic N) is 4. The summed E-state index contributed by atoms with van der Waals surface area (Å²) < 4.78 is 2.21. The molecule has 1 fully saturated rings. The number of aliphatic hydroxyl groups is 1. The van der Waals surface area contributed by atoms with E-state index in [0.717, 1.165) is 31.9 Å². The van der Waals surface area contributed by atoms with Crippen molar-refractivity contribution >= 4 is 0 Å². The topological polar surface area (TPSA) is 44.5 Å². The average Bonchev–Trinajstić information content (AvgIpc) is 2.67. The molecular weight excluding hydrogens is 252 g/mol. The van der Waals surface area contributed by atoms with Crippen molar-refractivity contribution in [2.24, 2.45) is 7.05 Å². The summed E-state index contributed by atoms with van der Waals surface area (Å²) in [6.45, 7) is 8.42. The van der Waals surface area contributed by atoms with E-state index in [9.17, 15) is 0 Å². The third-order valence-corrected chi connectivity index (χ3v) is 4.71. The van der Waals surface area contributed by atoms with Gasteiger partial charge < -0.3 is 14.6 Å². The molecule has 0 radical (unpaired) electrons. The van der Waals surface area contributed by atoms with Gasteiger partial charge in [-0.2, -0.15) is 0 Å². The minimum Gasteiger partial charge on any atom is -0.395 e. The minimum absolute atomic E-state index is 0.253. The van der Waals surface area contributed by atoms with Gasteiger partial charge in [0, 0.05) is 38.4 Å². The monoisotopic (exact) mass is 280 g/mol. The number of hydrogen-bond donors (Lipinski definition) is 1. The van der Waals surface area contributed by atoms with Crippen LogP contribution in [0, 0.1) is 13.8 Å². The fourth-order valence-corrected chi connectivity index (χ4v) is 2.99. The molecule has 5 heteroatoms. The van der Waals surface area contributed by atoms with E-state index in [4.69, 9.17) is 5.11 Å². The van der Waals surface area contributed by atoms with Crippen LogP contribution in [0.1, 0.15) is 30.1 Å². The van der Waals surface area contributed by atoms with E-state index in [1.165, 1.54) is 24.4 Å². The Morgan fingerprint density at radius 3 is 2.45 bits per heavy atom. The Morgan fingerprint density at radius 1 is 1.30 bits per heavy atom. The summed E-state index contributed by atoms with van der Waals surface area (Å²) in [6, 6.07) is 0.614. The zero-order chi connectivity index (χ0) is 14.7. The summed E-state index contributed by atoms with van der Waals surface area (Å²) in [5.74, 6) is 1.17. The molecule has 2 heterocycles. The molecule has 114 valence electrons. The molecule has 1 aliphatic rings. The van der Waals surface area contributed by atoms with Crippen LogP contribution >= 0.6 is 0 Å². The lowest BCUT2D eigenvalue weighted by Gasteiger charge is -2.36. The molecule has 2 rings (SSSR count). The van der Waals surface area contributed by atoms with Gasteiger partial charge in [0.2, 0.25) is 0 Å². The van der Waals surface area contributed by atoms with Gasteiger partial charge in [0.25, 0.3) is 0 Å². The Kier molecular flexibility index (Phi) is 5.18. The second kappa shape index (κ2) is 6.70. The number of imidazole rings is 1. The molecule has 1 aromatic rings. The number of likely N-dealkylation sites (tertiary alicyclic amines) is 1. The fourth-order valence-electron chi connectivity index (χ4n) is 2.99. The summed E-state index contributed by atoms with van der Waals surface area (Å²) in [5, 5.41) is 9.01. The van der Waals surface area contributed by atoms with Crippen molar-refractivity contribution < 1.29 is 5.11 Å². The number of aliphatic hydroxyl groups excluding tert-OH is 1. The molecule has 0 amide bonds. The van der Waals surface area contributed by atoms with Crippen molar-refractivity contribution in [2.75, 3.05) is 33.3 Å². The van der Waals surface area contributed by atoms with Crippen LogP contribution in [0.25, 0.3) is 0 Å². The molecule has 0 aliphatic carbocycles. The van der Waals surface area contributed by atoms with Crippen molar-refractivity contribution in [1.29, 1.82) is 0 Å². The van der Waals surface area contributed by atoms with Crippen molar-refractivity contribution in [3.8, 4) is 0 Å². The fraction of sp³-hybridized carbons (Fsp3) is 0.800. The van der Waals surface area contributed by atoms with Crippen LogP contribution in [-0.2, 0) is 13.6 Å². The van der Waals surface area contributed by atoms with E-state index >= 15 is 0 Å². The number of rotatable bonds is 5. The molecule has 0 aromatic carbocycles. The molecular formula is C15H28N4O. The molecule has 1 saturated heterocycles. The van der Waals surface area contributed by atoms with Gasteiger partial charge in [0.05, 0.1) is 18.8 Å². The maximum Gasteiger partial charge on any atom is 0.123 e. The van der Waals surface area contributed by atoms with Crippen LogP contribution in [0.5, 0.6) is 0 Å². The van der Waals surface area contributed by atoms with Gasteiger partial charge in [-0.25, -0.2) is 4.98 Å². The van der Waals surface area contributed by atoms with E-state index in [0.29, 0.717) is 6.04 Å². The van der Waals surface area contributed by atoms with Crippen molar-refractivity contribution in [3.05, 3.63) is 17.2 Å². The second-order valence-corrected chi connectivity index (χ2v) is 5.97. The lowest BCUT2D eigenvalue weighted by molar-refractivity contribution is 0.106. The first-order valence-electron chi connectivity index (χ1n) is 7.55. The highest BCUT2D eigenvalue weighted by atomic mass is 16.3. The maximum absolute atomic E-state index is 9.01. The van der Waals surface area contributed by atoms with Crippen LogP contribution in [-0.4, -0.2) is 63.8 Å². The summed E-state index contributed by atoms with van der Waals surface area (Å²) in [5.41, 5.74) is 2.40. The molecule has 0 bridgehead atoms.